The molecule has 0 aliphatic carbocycles. The zero-order valence-corrected chi connectivity index (χ0v) is 8.77. The van der Waals surface area contributed by atoms with Crippen molar-refractivity contribution in [3.63, 3.8) is 0 Å². The first kappa shape index (κ1) is 10.0. The Labute approximate surface area is 76.9 Å². The summed E-state index contributed by atoms with van der Waals surface area (Å²) in [4.78, 5) is 0. The van der Waals surface area contributed by atoms with Gasteiger partial charge in [0.25, 0.3) is 0 Å². The molecule has 0 aromatic heterocycles. The summed E-state index contributed by atoms with van der Waals surface area (Å²) in [5.41, 5.74) is 0. The smallest absolute Gasteiger partial charge is 0.00696 e. The molecule has 1 heteroatoms. The predicted octanol–water partition coefficient (Wildman–Crippen LogP) is 2.95. The van der Waals surface area contributed by atoms with Crippen LogP contribution in [0.1, 0.15) is 52.9 Å². The van der Waals surface area contributed by atoms with Crippen LogP contribution in [0, 0.1) is 5.92 Å². The van der Waals surface area contributed by atoms with Gasteiger partial charge in [0.2, 0.25) is 0 Å². The van der Waals surface area contributed by atoms with Crippen LogP contribution >= 0.6 is 0 Å². The van der Waals surface area contributed by atoms with Crippen LogP contribution in [-0.2, 0) is 0 Å². The van der Waals surface area contributed by atoms with E-state index in [1.807, 2.05) is 0 Å². The highest BCUT2D eigenvalue weighted by Gasteiger charge is 2.17. The molecule has 0 aromatic carbocycles. The van der Waals surface area contributed by atoms with Gasteiger partial charge in [-0.05, 0) is 38.5 Å². The highest BCUT2D eigenvalue weighted by molar-refractivity contribution is 4.77. The van der Waals surface area contributed by atoms with Gasteiger partial charge in [0.05, 0.1) is 0 Å². The molecular formula is C11H23N. The molecule has 1 aliphatic heterocycles. The third-order valence-corrected chi connectivity index (χ3v) is 2.80. The second-order valence-corrected chi connectivity index (χ2v) is 4.67. The number of rotatable bonds is 3. The van der Waals surface area contributed by atoms with Crippen molar-refractivity contribution in [2.75, 3.05) is 0 Å². The summed E-state index contributed by atoms with van der Waals surface area (Å²) in [5, 5.41) is 3.67. The van der Waals surface area contributed by atoms with Crippen LogP contribution in [0.4, 0.5) is 0 Å². The van der Waals surface area contributed by atoms with Crippen LogP contribution in [0.2, 0.25) is 0 Å². The zero-order chi connectivity index (χ0) is 8.97. The first-order valence-corrected chi connectivity index (χ1v) is 5.44. The highest BCUT2D eigenvalue weighted by Crippen LogP contribution is 2.17. The summed E-state index contributed by atoms with van der Waals surface area (Å²) in [7, 11) is 0. The Morgan fingerprint density at radius 3 is 2.67 bits per heavy atom. The molecule has 1 saturated heterocycles. The third-order valence-electron chi connectivity index (χ3n) is 2.80. The maximum absolute atomic E-state index is 3.67. The summed E-state index contributed by atoms with van der Waals surface area (Å²) >= 11 is 0. The fourth-order valence-electron chi connectivity index (χ4n) is 2.00. The van der Waals surface area contributed by atoms with E-state index in [1.165, 1.54) is 32.1 Å². The van der Waals surface area contributed by atoms with Crippen LogP contribution in [-0.4, -0.2) is 12.1 Å². The predicted molar refractivity (Wildman–Crippen MR) is 54.3 cm³/mol. The Bertz CT molecular complexity index is 120. The summed E-state index contributed by atoms with van der Waals surface area (Å²) < 4.78 is 0. The molecule has 1 fully saturated rings. The summed E-state index contributed by atoms with van der Waals surface area (Å²) in [6.07, 6.45) is 6.96. The Hall–Kier alpha value is -0.0400. The van der Waals surface area contributed by atoms with Gasteiger partial charge in [-0.3, -0.25) is 0 Å². The molecule has 1 nitrogen and oxygen atoms in total. The summed E-state index contributed by atoms with van der Waals surface area (Å²) in [6, 6.07) is 1.58. The van der Waals surface area contributed by atoms with Gasteiger partial charge in [0.15, 0.2) is 0 Å². The van der Waals surface area contributed by atoms with Gasteiger partial charge in [0.1, 0.15) is 0 Å². The van der Waals surface area contributed by atoms with Gasteiger partial charge in [-0.15, -0.1) is 0 Å². The van der Waals surface area contributed by atoms with Gasteiger partial charge in [-0.25, -0.2) is 0 Å². The van der Waals surface area contributed by atoms with Crippen LogP contribution in [0.25, 0.3) is 0 Å². The molecule has 0 amide bonds. The highest BCUT2D eigenvalue weighted by atomic mass is 15.0. The van der Waals surface area contributed by atoms with Crippen molar-refractivity contribution in [3.8, 4) is 0 Å². The summed E-state index contributed by atoms with van der Waals surface area (Å²) in [5.74, 6) is 0.865. The van der Waals surface area contributed by atoms with E-state index in [4.69, 9.17) is 0 Å². The van der Waals surface area contributed by atoms with Crippen LogP contribution in [0.15, 0.2) is 0 Å². The van der Waals surface area contributed by atoms with Crippen LogP contribution in [0.3, 0.4) is 0 Å². The van der Waals surface area contributed by atoms with Crippen LogP contribution in [0.5, 0.6) is 0 Å². The van der Waals surface area contributed by atoms with Crippen molar-refractivity contribution in [2.24, 2.45) is 5.92 Å². The molecule has 0 aromatic rings. The van der Waals surface area contributed by atoms with Crippen molar-refractivity contribution in [2.45, 2.75) is 65.0 Å². The minimum absolute atomic E-state index is 0.760. The molecule has 0 saturated carbocycles. The minimum Gasteiger partial charge on any atom is -0.312 e. The SMILES string of the molecule is CC(C)CCC1CCCC(C)N1. The van der Waals surface area contributed by atoms with Gasteiger partial charge >= 0.3 is 0 Å². The monoisotopic (exact) mass is 169 g/mol. The van der Waals surface area contributed by atoms with E-state index in [-0.39, 0.29) is 0 Å². The zero-order valence-electron chi connectivity index (χ0n) is 8.77. The Morgan fingerprint density at radius 2 is 2.08 bits per heavy atom. The fourth-order valence-corrected chi connectivity index (χ4v) is 2.00. The van der Waals surface area contributed by atoms with E-state index in [0.29, 0.717) is 0 Å². The van der Waals surface area contributed by atoms with E-state index in [9.17, 15) is 0 Å². The van der Waals surface area contributed by atoms with E-state index < -0.39 is 0 Å². The molecule has 0 radical (unpaired) electrons. The quantitative estimate of drug-likeness (QED) is 0.685. The standard InChI is InChI=1S/C11H23N/c1-9(2)7-8-11-6-4-5-10(3)12-11/h9-12H,4-8H2,1-3H3. The lowest BCUT2D eigenvalue weighted by molar-refractivity contribution is 0.307. The number of nitrogens with one attached hydrogen (secondary N) is 1. The molecule has 12 heavy (non-hydrogen) atoms. The maximum atomic E-state index is 3.67. The fraction of sp³-hybridized carbons (Fsp3) is 1.00. The molecule has 2 atom stereocenters. The Kier molecular flexibility index (Phi) is 4.07. The molecule has 1 N–H and O–H groups in total. The van der Waals surface area contributed by atoms with Crippen LogP contribution < -0.4 is 5.32 Å². The van der Waals surface area contributed by atoms with Crippen molar-refractivity contribution in [1.82, 2.24) is 5.32 Å². The van der Waals surface area contributed by atoms with E-state index in [1.54, 1.807) is 0 Å². The first-order chi connectivity index (χ1) is 5.68. The topological polar surface area (TPSA) is 12.0 Å². The molecule has 1 heterocycles. The molecule has 1 rings (SSSR count). The van der Waals surface area contributed by atoms with E-state index in [2.05, 4.69) is 26.1 Å². The molecule has 0 bridgehead atoms. The molecule has 2 unspecified atom stereocenters. The normalized spacial score (nSPS) is 31.0. The lowest BCUT2D eigenvalue weighted by atomic mass is 9.94. The van der Waals surface area contributed by atoms with Gasteiger partial charge < -0.3 is 5.32 Å². The number of hydrogen-bond donors (Lipinski definition) is 1. The average Bonchev–Trinajstić information content (AvgIpc) is 2.01. The van der Waals surface area contributed by atoms with E-state index in [0.717, 1.165) is 18.0 Å². The first-order valence-electron chi connectivity index (χ1n) is 5.44. The Morgan fingerprint density at radius 1 is 1.33 bits per heavy atom. The largest absolute Gasteiger partial charge is 0.312 e. The second-order valence-electron chi connectivity index (χ2n) is 4.67. The molecule has 72 valence electrons. The number of piperidine rings is 1. The number of hydrogen-bond acceptors (Lipinski definition) is 1. The molecule has 0 spiro atoms. The minimum atomic E-state index is 0.760. The molecular weight excluding hydrogens is 146 g/mol. The third kappa shape index (κ3) is 3.57. The van der Waals surface area contributed by atoms with E-state index >= 15 is 0 Å². The lowest BCUT2D eigenvalue weighted by Gasteiger charge is -2.29. The Balaban J connectivity index is 2.14. The lowest BCUT2D eigenvalue weighted by Crippen LogP contribution is -2.40. The second kappa shape index (κ2) is 4.86. The van der Waals surface area contributed by atoms with Gasteiger partial charge in [-0.1, -0.05) is 20.3 Å². The van der Waals surface area contributed by atoms with Crippen molar-refractivity contribution >= 4 is 0 Å². The summed E-state index contributed by atoms with van der Waals surface area (Å²) in [6.45, 7) is 6.93. The average molecular weight is 169 g/mol. The molecule has 1 aliphatic rings. The van der Waals surface area contributed by atoms with Crippen molar-refractivity contribution in [3.05, 3.63) is 0 Å². The van der Waals surface area contributed by atoms with Gasteiger partial charge in [0, 0.05) is 12.1 Å². The van der Waals surface area contributed by atoms with Crippen molar-refractivity contribution in [1.29, 1.82) is 0 Å². The maximum Gasteiger partial charge on any atom is 0.00696 e. The van der Waals surface area contributed by atoms with Gasteiger partial charge in [-0.2, -0.15) is 0 Å². The van der Waals surface area contributed by atoms with Crippen molar-refractivity contribution < 1.29 is 0 Å².